The summed E-state index contributed by atoms with van der Waals surface area (Å²) in [5.41, 5.74) is 7.22. The second-order valence-corrected chi connectivity index (χ2v) is 3.35. The fourth-order valence-corrected chi connectivity index (χ4v) is 1.64. The van der Waals surface area contributed by atoms with E-state index in [0.29, 0.717) is 16.8 Å². The van der Waals surface area contributed by atoms with Crippen molar-refractivity contribution in [2.24, 2.45) is 0 Å². The third-order valence-electron chi connectivity index (χ3n) is 2.45. The Morgan fingerprint density at radius 2 is 2.07 bits per heavy atom. The normalized spacial score (nSPS) is 20.2. The van der Waals surface area contributed by atoms with E-state index in [9.17, 15) is 9.59 Å². The van der Waals surface area contributed by atoms with Crippen molar-refractivity contribution in [1.82, 2.24) is 5.32 Å². The predicted molar refractivity (Wildman–Crippen MR) is 51.7 cm³/mol. The van der Waals surface area contributed by atoms with Gasteiger partial charge in [0.05, 0.1) is 11.5 Å². The highest BCUT2D eigenvalue weighted by Gasteiger charge is 2.30. The minimum absolute atomic E-state index is 0.270. The first-order valence-electron chi connectivity index (χ1n) is 4.35. The van der Waals surface area contributed by atoms with E-state index in [1.54, 1.807) is 25.1 Å². The van der Waals surface area contributed by atoms with E-state index >= 15 is 0 Å². The molecule has 1 aromatic carbocycles. The summed E-state index contributed by atoms with van der Waals surface area (Å²) < 4.78 is 0. The standard InChI is InChI=1S/C10H10N2O2/c1-5-6-3-2-4-7(11)8(6)10(14)12-9(5)13/h2-5H,11H2,1H3,(H,12,13,14). The molecular weight excluding hydrogens is 180 g/mol. The van der Waals surface area contributed by atoms with Crippen molar-refractivity contribution in [3.63, 3.8) is 0 Å². The molecule has 0 bridgehead atoms. The third kappa shape index (κ3) is 1.08. The maximum Gasteiger partial charge on any atom is 0.260 e. The van der Waals surface area contributed by atoms with E-state index in [1.807, 2.05) is 0 Å². The average Bonchev–Trinajstić information content (AvgIpc) is 2.14. The predicted octanol–water partition coefficient (Wildman–Crippen LogP) is 0.642. The second kappa shape index (κ2) is 2.83. The van der Waals surface area contributed by atoms with Crippen LogP contribution >= 0.6 is 0 Å². The van der Waals surface area contributed by atoms with Crippen LogP contribution in [0.5, 0.6) is 0 Å². The van der Waals surface area contributed by atoms with E-state index in [1.165, 1.54) is 0 Å². The summed E-state index contributed by atoms with van der Waals surface area (Å²) in [6, 6.07) is 5.16. The molecule has 4 heteroatoms. The molecule has 2 amide bonds. The zero-order valence-corrected chi connectivity index (χ0v) is 7.70. The summed E-state index contributed by atoms with van der Waals surface area (Å²) in [6.45, 7) is 1.75. The lowest BCUT2D eigenvalue weighted by Crippen LogP contribution is -2.39. The smallest absolute Gasteiger partial charge is 0.260 e. The van der Waals surface area contributed by atoms with Gasteiger partial charge in [-0.15, -0.1) is 0 Å². The van der Waals surface area contributed by atoms with Gasteiger partial charge in [0.2, 0.25) is 5.91 Å². The first kappa shape index (κ1) is 8.74. The Morgan fingerprint density at radius 3 is 2.79 bits per heavy atom. The zero-order valence-electron chi connectivity index (χ0n) is 7.70. The highest BCUT2D eigenvalue weighted by atomic mass is 16.2. The van der Waals surface area contributed by atoms with E-state index in [-0.39, 0.29) is 11.8 Å². The average molecular weight is 190 g/mol. The largest absolute Gasteiger partial charge is 0.398 e. The second-order valence-electron chi connectivity index (χ2n) is 3.35. The van der Waals surface area contributed by atoms with Gasteiger partial charge in [0.1, 0.15) is 0 Å². The van der Waals surface area contributed by atoms with Crippen molar-refractivity contribution < 1.29 is 9.59 Å². The van der Waals surface area contributed by atoms with E-state index in [0.717, 1.165) is 0 Å². The molecule has 72 valence electrons. The quantitative estimate of drug-likeness (QED) is 0.466. The van der Waals surface area contributed by atoms with E-state index < -0.39 is 5.91 Å². The molecule has 1 heterocycles. The molecule has 0 radical (unpaired) electrons. The first-order valence-corrected chi connectivity index (χ1v) is 4.35. The van der Waals surface area contributed by atoms with Gasteiger partial charge in [-0.1, -0.05) is 12.1 Å². The number of nitrogens with one attached hydrogen (secondary N) is 1. The number of fused-ring (bicyclic) bond motifs is 1. The van der Waals surface area contributed by atoms with Crippen molar-refractivity contribution in [3.8, 4) is 0 Å². The van der Waals surface area contributed by atoms with Crippen LogP contribution in [0.4, 0.5) is 5.69 Å². The molecule has 2 rings (SSSR count). The Morgan fingerprint density at radius 1 is 1.36 bits per heavy atom. The number of hydrogen-bond acceptors (Lipinski definition) is 3. The van der Waals surface area contributed by atoms with Crippen LogP contribution in [0.15, 0.2) is 18.2 Å². The molecule has 0 aromatic heterocycles. The molecule has 0 saturated heterocycles. The summed E-state index contributed by atoms with van der Waals surface area (Å²) in [6.07, 6.45) is 0. The molecule has 1 aliphatic heterocycles. The lowest BCUT2D eigenvalue weighted by Gasteiger charge is -2.22. The van der Waals surface area contributed by atoms with Gasteiger partial charge in [-0.25, -0.2) is 0 Å². The third-order valence-corrected chi connectivity index (χ3v) is 2.45. The molecule has 1 aromatic rings. The topological polar surface area (TPSA) is 72.2 Å². The Labute approximate surface area is 81.1 Å². The molecule has 3 N–H and O–H groups in total. The van der Waals surface area contributed by atoms with Crippen molar-refractivity contribution in [1.29, 1.82) is 0 Å². The highest BCUT2D eigenvalue weighted by molar-refractivity contribution is 6.13. The van der Waals surface area contributed by atoms with Gasteiger partial charge in [-0.05, 0) is 18.6 Å². The minimum atomic E-state index is -0.402. The number of imide groups is 1. The van der Waals surface area contributed by atoms with Gasteiger partial charge in [0, 0.05) is 5.69 Å². The molecule has 0 aliphatic carbocycles. The molecule has 0 spiro atoms. The maximum absolute atomic E-state index is 11.5. The lowest BCUT2D eigenvalue weighted by atomic mass is 9.90. The highest BCUT2D eigenvalue weighted by Crippen LogP contribution is 2.27. The fourth-order valence-electron chi connectivity index (χ4n) is 1.64. The summed E-state index contributed by atoms with van der Waals surface area (Å²) >= 11 is 0. The minimum Gasteiger partial charge on any atom is -0.398 e. The summed E-state index contributed by atoms with van der Waals surface area (Å²) in [5, 5.41) is 2.27. The summed E-state index contributed by atoms with van der Waals surface area (Å²) in [7, 11) is 0. The number of carbonyl (C=O) groups excluding carboxylic acids is 2. The van der Waals surface area contributed by atoms with Crippen LogP contribution in [0, 0.1) is 0 Å². The number of hydrogen-bond donors (Lipinski definition) is 2. The number of nitrogens with two attached hydrogens (primary N) is 1. The summed E-state index contributed by atoms with van der Waals surface area (Å²) in [4.78, 5) is 22.8. The molecule has 0 fully saturated rings. The number of rotatable bonds is 0. The van der Waals surface area contributed by atoms with Gasteiger partial charge in [-0.2, -0.15) is 0 Å². The first-order chi connectivity index (χ1) is 6.61. The number of anilines is 1. The molecule has 0 saturated carbocycles. The van der Waals surface area contributed by atoms with Crippen LogP contribution in [0.3, 0.4) is 0 Å². The van der Waals surface area contributed by atoms with Crippen LogP contribution in [0.1, 0.15) is 28.8 Å². The monoisotopic (exact) mass is 190 g/mol. The van der Waals surface area contributed by atoms with E-state index in [2.05, 4.69) is 5.32 Å². The van der Waals surface area contributed by atoms with Gasteiger partial charge in [0.25, 0.3) is 5.91 Å². The molecule has 14 heavy (non-hydrogen) atoms. The zero-order chi connectivity index (χ0) is 10.3. The van der Waals surface area contributed by atoms with Gasteiger partial charge < -0.3 is 5.73 Å². The van der Waals surface area contributed by atoms with Crippen molar-refractivity contribution in [2.75, 3.05) is 5.73 Å². The Hall–Kier alpha value is -1.84. The van der Waals surface area contributed by atoms with Crippen LogP contribution in [-0.2, 0) is 4.79 Å². The van der Waals surface area contributed by atoms with Crippen LogP contribution in [-0.4, -0.2) is 11.8 Å². The molecule has 1 unspecified atom stereocenters. The molecule has 1 atom stereocenters. The fraction of sp³-hybridized carbons (Fsp3) is 0.200. The number of carbonyl (C=O) groups is 2. The number of amides is 2. The molecule has 4 nitrogen and oxygen atoms in total. The SMILES string of the molecule is CC1C(=O)NC(=O)c2c(N)cccc21. The lowest BCUT2D eigenvalue weighted by molar-refractivity contribution is -0.121. The van der Waals surface area contributed by atoms with Gasteiger partial charge in [0.15, 0.2) is 0 Å². The number of benzene rings is 1. The van der Waals surface area contributed by atoms with Crippen molar-refractivity contribution in [3.05, 3.63) is 29.3 Å². The van der Waals surface area contributed by atoms with Crippen LogP contribution in [0.2, 0.25) is 0 Å². The van der Waals surface area contributed by atoms with Crippen LogP contribution in [0.25, 0.3) is 0 Å². The number of nitrogen functional groups attached to an aromatic ring is 1. The molecule has 1 aliphatic rings. The Bertz CT molecular complexity index is 426. The van der Waals surface area contributed by atoms with Gasteiger partial charge in [-0.3, -0.25) is 14.9 Å². The maximum atomic E-state index is 11.5. The van der Waals surface area contributed by atoms with Gasteiger partial charge >= 0.3 is 0 Å². The van der Waals surface area contributed by atoms with Crippen LogP contribution < -0.4 is 11.1 Å². The summed E-state index contributed by atoms with van der Waals surface area (Å²) in [5.74, 6) is -0.986. The Kier molecular flexibility index (Phi) is 1.77. The molecular formula is C10H10N2O2. The van der Waals surface area contributed by atoms with E-state index in [4.69, 9.17) is 5.73 Å². The van der Waals surface area contributed by atoms with Crippen molar-refractivity contribution in [2.45, 2.75) is 12.8 Å². The van der Waals surface area contributed by atoms with Crippen molar-refractivity contribution >= 4 is 17.5 Å². The Balaban J connectivity index is 2.67.